The topological polar surface area (TPSA) is 155 Å². The molecule has 0 atom stereocenters. The number of aryl methyl sites for hydroxylation is 4. The predicted molar refractivity (Wildman–Crippen MR) is 169 cm³/mol. The molecule has 230 valence electrons. The van der Waals surface area contributed by atoms with Crippen molar-refractivity contribution in [3.05, 3.63) is 69.3 Å². The molecule has 0 aliphatic carbocycles. The van der Waals surface area contributed by atoms with Crippen molar-refractivity contribution in [1.82, 2.24) is 19.9 Å². The molecule has 0 aromatic carbocycles. The summed E-state index contributed by atoms with van der Waals surface area (Å²) in [6, 6.07) is 7.81. The van der Waals surface area contributed by atoms with Gasteiger partial charge in [-0.1, -0.05) is 60.4 Å². The molecule has 2 aliphatic heterocycles. The molecule has 0 radical (unpaired) electrons. The second kappa shape index (κ2) is 13.3. The van der Waals surface area contributed by atoms with Crippen molar-refractivity contribution in [1.29, 1.82) is 0 Å². The Balaban J connectivity index is 0.00000442. The van der Waals surface area contributed by atoms with E-state index in [4.69, 9.17) is 25.7 Å². The Morgan fingerprint density at radius 3 is 1.73 bits per heavy atom. The van der Waals surface area contributed by atoms with Crippen LogP contribution in [0.3, 0.4) is 0 Å². The van der Waals surface area contributed by atoms with E-state index < -0.39 is 11.9 Å². The summed E-state index contributed by atoms with van der Waals surface area (Å²) in [5.74, 6) is -1.78. The van der Waals surface area contributed by atoms with E-state index in [1.54, 1.807) is 0 Å². The van der Waals surface area contributed by atoms with Gasteiger partial charge in [0.05, 0.1) is 22.8 Å². The van der Waals surface area contributed by atoms with Crippen LogP contribution in [0.15, 0.2) is 24.3 Å². The van der Waals surface area contributed by atoms with Gasteiger partial charge in [0.1, 0.15) is 0 Å². The second-order valence-electron chi connectivity index (χ2n) is 11.1. The minimum Gasteiger partial charge on any atom is -0.657 e. The van der Waals surface area contributed by atoms with Gasteiger partial charge in [-0.25, -0.2) is 9.97 Å². The summed E-state index contributed by atoms with van der Waals surface area (Å²) in [5, 5.41) is 18.9. The Hall–Kier alpha value is -3.98. The first kappa shape index (κ1) is 32.9. The maximum atomic E-state index is 11.6. The summed E-state index contributed by atoms with van der Waals surface area (Å²) in [6.07, 6.45) is 2.07. The number of fused-ring (bicyclic) bond motifs is 8. The molecule has 0 unspecified atom stereocenters. The SMILES string of the molecule is CCC1=C(CN)c2cc3[n-]c(cc4nc(cc5[n-]c(cc1n2)c(C)c5CC)C(C)=C4CCC(=O)O)c(CCC(=O)O)c3C.[Fe+2]. The van der Waals surface area contributed by atoms with Crippen LogP contribution < -0.4 is 15.7 Å². The minimum absolute atomic E-state index is 0. The summed E-state index contributed by atoms with van der Waals surface area (Å²) in [5.41, 5.74) is 19.9. The molecule has 0 spiro atoms. The van der Waals surface area contributed by atoms with Crippen LogP contribution in [0.2, 0.25) is 0 Å². The van der Waals surface area contributed by atoms with Gasteiger partial charge >= 0.3 is 29.0 Å². The van der Waals surface area contributed by atoms with E-state index in [-0.39, 0.29) is 29.9 Å². The normalized spacial score (nSPS) is 13.0. The number of aliphatic carboxylic acids is 2. The minimum atomic E-state index is -0.893. The third-order valence-corrected chi connectivity index (χ3v) is 8.57. The zero-order valence-corrected chi connectivity index (χ0v) is 26.8. The number of carbonyl (C=O) groups is 2. The van der Waals surface area contributed by atoms with Crippen LogP contribution in [0.4, 0.5) is 0 Å². The number of rotatable bonds is 9. The van der Waals surface area contributed by atoms with Gasteiger partial charge in [0.25, 0.3) is 0 Å². The van der Waals surface area contributed by atoms with Crippen molar-refractivity contribution in [3.63, 3.8) is 0 Å². The summed E-state index contributed by atoms with van der Waals surface area (Å²) in [7, 11) is 0. The molecule has 0 fully saturated rings. The fourth-order valence-corrected chi connectivity index (χ4v) is 6.16. The van der Waals surface area contributed by atoms with Crippen LogP contribution in [-0.4, -0.2) is 38.7 Å². The van der Waals surface area contributed by atoms with Crippen LogP contribution in [0.25, 0.3) is 44.4 Å². The smallest absolute Gasteiger partial charge is 0.657 e. The maximum absolute atomic E-state index is 11.6. The monoisotopic (exact) mass is 635 g/mol. The van der Waals surface area contributed by atoms with Crippen LogP contribution in [0.5, 0.6) is 0 Å². The van der Waals surface area contributed by atoms with Crippen LogP contribution in [0, 0.1) is 13.8 Å². The predicted octanol–water partition coefficient (Wildman–Crippen LogP) is 5.84. The first-order valence-corrected chi connectivity index (χ1v) is 14.8. The van der Waals surface area contributed by atoms with Gasteiger partial charge in [-0.3, -0.25) is 9.59 Å². The van der Waals surface area contributed by atoms with Crippen molar-refractivity contribution in [2.75, 3.05) is 6.54 Å². The average molecular weight is 636 g/mol. The van der Waals surface area contributed by atoms with E-state index in [1.165, 1.54) is 0 Å². The number of nitrogens with zero attached hydrogens (tertiary/aromatic N) is 4. The molecular weight excluding hydrogens is 598 g/mol. The summed E-state index contributed by atoms with van der Waals surface area (Å²) >= 11 is 0. The van der Waals surface area contributed by atoms with Gasteiger partial charge < -0.3 is 25.9 Å². The van der Waals surface area contributed by atoms with E-state index in [0.29, 0.717) is 36.1 Å². The molecule has 0 saturated heterocycles. The first-order valence-electron chi connectivity index (χ1n) is 14.8. The Labute approximate surface area is 267 Å². The molecular formula is C34H37FeN5O4. The molecule has 2 aliphatic rings. The Morgan fingerprint density at radius 1 is 0.682 bits per heavy atom. The zero-order valence-electron chi connectivity index (χ0n) is 25.7. The van der Waals surface area contributed by atoms with Crippen LogP contribution >= 0.6 is 0 Å². The van der Waals surface area contributed by atoms with Crippen molar-refractivity contribution in [3.8, 4) is 0 Å². The van der Waals surface area contributed by atoms with Crippen molar-refractivity contribution in [2.45, 2.75) is 73.1 Å². The second-order valence-corrected chi connectivity index (χ2v) is 11.1. The first-order chi connectivity index (χ1) is 20.6. The van der Waals surface area contributed by atoms with Crippen molar-refractivity contribution >= 4 is 56.3 Å². The fourth-order valence-electron chi connectivity index (χ4n) is 6.16. The number of hydrogen-bond donors (Lipinski definition) is 3. The van der Waals surface area contributed by atoms with Crippen LogP contribution in [-0.2, 0) is 39.5 Å². The van der Waals surface area contributed by atoms with Gasteiger partial charge in [0.2, 0.25) is 0 Å². The van der Waals surface area contributed by atoms with Crippen LogP contribution in [0.1, 0.15) is 91.5 Å². The molecule has 9 nitrogen and oxygen atoms in total. The van der Waals surface area contributed by atoms with Crippen molar-refractivity contribution in [2.24, 2.45) is 5.73 Å². The average Bonchev–Trinajstić information content (AvgIpc) is 3.63. The molecule has 0 saturated carbocycles. The number of allylic oxidation sites excluding steroid dienone is 3. The molecule has 8 bridgehead atoms. The molecule has 3 aromatic heterocycles. The van der Waals surface area contributed by atoms with E-state index >= 15 is 0 Å². The fraction of sp³-hybridized carbons (Fsp3) is 0.353. The van der Waals surface area contributed by atoms with Gasteiger partial charge in [-0.2, -0.15) is 0 Å². The zero-order chi connectivity index (χ0) is 31.0. The molecule has 0 amide bonds. The number of aromatic nitrogens is 4. The summed E-state index contributed by atoms with van der Waals surface area (Å²) in [4.78, 5) is 43.1. The van der Waals surface area contributed by atoms with Gasteiger partial charge in [-0.05, 0) is 68.7 Å². The molecule has 5 rings (SSSR count). The quantitative estimate of drug-likeness (QED) is 0.246. The maximum Gasteiger partial charge on any atom is 2.00 e. The largest absolute Gasteiger partial charge is 2.00 e. The number of carboxylic acids is 2. The summed E-state index contributed by atoms with van der Waals surface area (Å²) in [6.45, 7) is 10.5. The molecule has 5 heterocycles. The Bertz CT molecular complexity index is 1880. The number of hydrogen-bond acceptors (Lipinski definition) is 5. The standard InChI is InChI=1S/C34H39N5O4.Fe/c1-6-20-17(3)25-13-29-21(7-2)24(16-35)32(39-29)14-27-19(5)23(9-11-34(42)43)31(38-27)15-30-22(8-10-33(40)41)18(4)26(37-30)12-28(20)36-25;/h12-15H,6-11,16,35H2,1-5H3,(H4,36,37,38,39,40,41,42,43);/q;+2/p-2. The number of nitrogens with two attached hydrogens (primary N) is 1. The van der Waals surface area contributed by atoms with E-state index in [0.717, 1.165) is 85.5 Å². The molecule has 10 heteroatoms. The van der Waals surface area contributed by atoms with Gasteiger partial charge in [0, 0.05) is 19.4 Å². The molecule has 3 aromatic rings. The Morgan fingerprint density at radius 2 is 1.16 bits per heavy atom. The van der Waals surface area contributed by atoms with Gasteiger partial charge in [-0.15, -0.1) is 22.1 Å². The molecule has 4 N–H and O–H groups in total. The number of carboxylic acid groups (broad SMARTS) is 2. The van der Waals surface area contributed by atoms with Crippen molar-refractivity contribution < 1.29 is 36.9 Å². The molecule has 44 heavy (non-hydrogen) atoms. The van der Waals surface area contributed by atoms with E-state index in [1.807, 2.05) is 38.1 Å². The van der Waals surface area contributed by atoms with E-state index in [9.17, 15) is 19.8 Å². The third-order valence-electron chi connectivity index (χ3n) is 8.57. The Kier molecular flexibility index (Phi) is 9.98. The summed E-state index contributed by atoms with van der Waals surface area (Å²) < 4.78 is 0. The third kappa shape index (κ3) is 6.15. The van der Waals surface area contributed by atoms with E-state index in [2.05, 4.69) is 20.8 Å². The van der Waals surface area contributed by atoms with Gasteiger partial charge in [0.15, 0.2) is 0 Å².